The van der Waals surface area contributed by atoms with E-state index in [2.05, 4.69) is 15.4 Å². The normalized spacial score (nSPS) is 10.1. The third kappa shape index (κ3) is 2.78. The second-order valence-corrected chi connectivity index (χ2v) is 2.65. The zero-order valence-electron chi connectivity index (χ0n) is 7.73. The van der Waals surface area contributed by atoms with Crippen molar-refractivity contribution in [3.05, 3.63) is 35.4 Å². The Morgan fingerprint density at radius 2 is 2.14 bits per heavy atom. The SMILES string of the molecule is Cc1ccc(C(=O)ONC=NN)cc1. The zero-order valence-corrected chi connectivity index (χ0v) is 7.73. The lowest BCUT2D eigenvalue weighted by atomic mass is 10.2. The zero-order chi connectivity index (χ0) is 10.4. The van der Waals surface area contributed by atoms with Crippen molar-refractivity contribution >= 4 is 12.3 Å². The fourth-order valence-electron chi connectivity index (χ4n) is 0.859. The number of hydrogen-bond acceptors (Lipinski definition) is 4. The van der Waals surface area contributed by atoms with E-state index in [1.54, 1.807) is 12.1 Å². The number of nitrogens with two attached hydrogens (primary N) is 1. The molecule has 5 nitrogen and oxygen atoms in total. The standard InChI is InChI=1S/C9H11N3O2/c1-7-2-4-8(5-3-7)9(13)14-12-6-11-10/h2-6H,10H2,1H3,(H,11,12). The number of carbonyl (C=O) groups is 1. The van der Waals surface area contributed by atoms with Crippen LogP contribution >= 0.6 is 0 Å². The predicted molar refractivity (Wildman–Crippen MR) is 52.4 cm³/mol. The summed E-state index contributed by atoms with van der Waals surface area (Å²) in [6.45, 7) is 1.94. The Morgan fingerprint density at radius 3 is 2.71 bits per heavy atom. The van der Waals surface area contributed by atoms with Crippen molar-refractivity contribution in [1.82, 2.24) is 5.48 Å². The van der Waals surface area contributed by atoms with E-state index in [0.717, 1.165) is 11.9 Å². The molecule has 0 aromatic heterocycles. The van der Waals surface area contributed by atoms with Crippen LogP contribution in [0, 0.1) is 6.92 Å². The van der Waals surface area contributed by atoms with Crippen LogP contribution in [0.2, 0.25) is 0 Å². The van der Waals surface area contributed by atoms with Crippen molar-refractivity contribution in [1.29, 1.82) is 0 Å². The molecule has 14 heavy (non-hydrogen) atoms. The minimum Gasteiger partial charge on any atom is -0.337 e. The number of nitrogens with zero attached hydrogens (tertiary/aromatic N) is 1. The molecule has 1 rings (SSSR count). The minimum atomic E-state index is -0.482. The van der Waals surface area contributed by atoms with Gasteiger partial charge in [-0.3, -0.25) is 0 Å². The molecule has 0 spiro atoms. The first-order valence-electron chi connectivity index (χ1n) is 3.99. The van der Waals surface area contributed by atoms with Crippen LogP contribution in [-0.4, -0.2) is 12.3 Å². The molecular formula is C9H11N3O2. The second kappa shape index (κ2) is 4.86. The molecule has 1 aromatic rings. The summed E-state index contributed by atoms with van der Waals surface area (Å²) in [5.74, 6) is 4.31. The summed E-state index contributed by atoms with van der Waals surface area (Å²) in [6.07, 6.45) is 1.08. The molecule has 0 amide bonds. The van der Waals surface area contributed by atoms with Gasteiger partial charge in [-0.1, -0.05) is 17.7 Å². The van der Waals surface area contributed by atoms with Crippen LogP contribution in [0.25, 0.3) is 0 Å². The highest BCUT2D eigenvalue weighted by atomic mass is 16.7. The van der Waals surface area contributed by atoms with E-state index in [0.29, 0.717) is 5.56 Å². The van der Waals surface area contributed by atoms with E-state index in [1.165, 1.54) is 0 Å². The third-order valence-electron chi connectivity index (χ3n) is 1.57. The molecule has 0 aliphatic rings. The van der Waals surface area contributed by atoms with Crippen molar-refractivity contribution < 1.29 is 9.63 Å². The molecule has 74 valence electrons. The van der Waals surface area contributed by atoms with Crippen molar-refractivity contribution in [2.75, 3.05) is 0 Å². The van der Waals surface area contributed by atoms with E-state index in [-0.39, 0.29) is 0 Å². The average molecular weight is 193 g/mol. The summed E-state index contributed by atoms with van der Waals surface area (Å²) in [7, 11) is 0. The maximum atomic E-state index is 11.2. The quantitative estimate of drug-likeness (QED) is 0.318. The lowest BCUT2D eigenvalue weighted by Crippen LogP contribution is -2.18. The minimum absolute atomic E-state index is 0.466. The molecule has 5 heteroatoms. The number of aryl methyl sites for hydroxylation is 1. The van der Waals surface area contributed by atoms with Gasteiger partial charge in [-0.15, -0.1) is 0 Å². The first kappa shape index (κ1) is 10.0. The molecule has 1 aromatic carbocycles. The molecule has 0 fully saturated rings. The van der Waals surface area contributed by atoms with E-state index in [9.17, 15) is 4.79 Å². The molecule has 0 saturated carbocycles. The fourth-order valence-corrected chi connectivity index (χ4v) is 0.859. The van der Waals surface area contributed by atoms with Crippen LogP contribution in [0.3, 0.4) is 0 Å². The van der Waals surface area contributed by atoms with Crippen molar-refractivity contribution in [3.63, 3.8) is 0 Å². The molecule has 0 unspecified atom stereocenters. The van der Waals surface area contributed by atoms with Gasteiger partial charge in [0, 0.05) is 0 Å². The molecule has 0 saturated heterocycles. The molecule has 3 N–H and O–H groups in total. The monoisotopic (exact) mass is 193 g/mol. The molecule has 0 heterocycles. The summed E-state index contributed by atoms with van der Waals surface area (Å²) < 4.78 is 0. The second-order valence-electron chi connectivity index (χ2n) is 2.65. The molecular weight excluding hydrogens is 182 g/mol. The number of rotatable bonds is 3. The average Bonchev–Trinajstić information content (AvgIpc) is 2.19. The first-order valence-corrected chi connectivity index (χ1v) is 3.99. The van der Waals surface area contributed by atoms with Gasteiger partial charge >= 0.3 is 5.97 Å². The van der Waals surface area contributed by atoms with E-state index >= 15 is 0 Å². The number of nitrogens with one attached hydrogen (secondary N) is 1. The summed E-state index contributed by atoms with van der Waals surface area (Å²) in [5.41, 5.74) is 3.73. The Hall–Kier alpha value is -2.04. The lowest BCUT2D eigenvalue weighted by molar-refractivity contribution is 0.0395. The van der Waals surface area contributed by atoms with Crippen molar-refractivity contribution in [2.24, 2.45) is 10.9 Å². The van der Waals surface area contributed by atoms with Gasteiger partial charge in [-0.2, -0.15) is 5.10 Å². The largest absolute Gasteiger partial charge is 0.362 e. The Labute approximate surface area is 81.5 Å². The van der Waals surface area contributed by atoms with E-state index < -0.39 is 5.97 Å². The van der Waals surface area contributed by atoms with Crippen LogP contribution in [-0.2, 0) is 4.84 Å². The Morgan fingerprint density at radius 1 is 1.50 bits per heavy atom. The lowest BCUT2D eigenvalue weighted by Gasteiger charge is -2.01. The Kier molecular flexibility index (Phi) is 3.49. The van der Waals surface area contributed by atoms with Gasteiger partial charge in [0.1, 0.15) is 6.34 Å². The maximum Gasteiger partial charge on any atom is 0.362 e. The molecule has 0 aliphatic heterocycles. The van der Waals surface area contributed by atoms with Gasteiger partial charge in [0.15, 0.2) is 0 Å². The third-order valence-corrected chi connectivity index (χ3v) is 1.57. The van der Waals surface area contributed by atoms with Crippen LogP contribution in [0.1, 0.15) is 15.9 Å². The van der Waals surface area contributed by atoms with Crippen LogP contribution in [0.4, 0.5) is 0 Å². The first-order chi connectivity index (χ1) is 6.74. The number of carbonyl (C=O) groups excluding carboxylic acids is 1. The summed E-state index contributed by atoms with van der Waals surface area (Å²) >= 11 is 0. The number of benzene rings is 1. The fraction of sp³-hybridized carbons (Fsp3) is 0.111. The van der Waals surface area contributed by atoms with Gasteiger partial charge in [-0.05, 0) is 19.1 Å². The highest BCUT2D eigenvalue weighted by Gasteiger charge is 2.05. The van der Waals surface area contributed by atoms with E-state index in [1.807, 2.05) is 19.1 Å². The molecule has 0 aliphatic carbocycles. The Balaban J connectivity index is 2.56. The molecule has 0 atom stereocenters. The smallest absolute Gasteiger partial charge is 0.337 e. The summed E-state index contributed by atoms with van der Waals surface area (Å²) in [4.78, 5) is 15.8. The van der Waals surface area contributed by atoms with Gasteiger partial charge in [-0.25, -0.2) is 10.3 Å². The summed E-state index contributed by atoms with van der Waals surface area (Å²) in [5, 5.41) is 3.10. The molecule has 0 bridgehead atoms. The number of hydrogen-bond donors (Lipinski definition) is 2. The van der Waals surface area contributed by atoms with Gasteiger partial charge in [0.05, 0.1) is 5.56 Å². The van der Waals surface area contributed by atoms with Gasteiger partial charge in [0.2, 0.25) is 0 Å². The highest BCUT2D eigenvalue weighted by molar-refractivity contribution is 5.89. The highest BCUT2D eigenvalue weighted by Crippen LogP contribution is 2.03. The Bertz CT molecular complexity index is 332. The van der Waals surface area contributed by atoms with Gasteiger partial charge < -0.3 is 10.7 Å². The summed E-state index contributed by atoms with van der Waals surface area (Å²) in [6, 6.07) is 7.01. The van der Waals surface area contributed by atoms with Gasteiger partial charge in [0.25, 0.3) is 0 Å². The maximum absolute atomic E-state index is 11.2. The predicted octanol–water partition coefficient (Wildman–Crippen LogP) is 0.558. The van der Waals surface area contributed by atoms with Crippen LogP contribution in [0.5, 0.6) is 0 Å². The van der Waals surface area contributed by atoms with Crippen LogP contribution in [0.15, 0.2) is 29.4 Å². The van der Waals surface area contributed by atoms with E-state index in [4.69, 9.17) is 5.84 Å². The van der Waals surface area contributed by atoms with Crippen molar-refractivity contribution in [3.8, 4) is 0 Å². The van der Waals surface area contributed by atoms with Crippen LogP contribution < -0.4 is 11.3 Å². The van der Waals surface area contributed by atoms with Crippen molar-refractivity contribution in [2.45, 2.75) is 6.92 Å². The topological polar surface area (TPSA) is 76.7 Å². The molecule has 0 radical (unpaired) electrons. The number of hydrazone groups is 1. The number of hydroxylamine groups is 1.